The molecule has 4 rings (SSSR count). The zero-order chi connectivity index (χ0) is 18.4. The number of aromatic nitrogens is 1. The smallest absolute Gasteiger partial charge is 0.200 e. The topological polar surface area (TPSA) is 3.88 Å². The van der Waals surface area contributed by atoms with E-state index in [2.05, 4.69) is 51.1 Å². The molecule has 1 aliphatic rings. The van der Waals surface area contributed by atoms with Gasteiger partial charge < -0.3 is 0 Å². The fourth-order valence-electron chi connectivity index (χ4n) is 4.38. The summed E-state index contributed by atoms with van der Waals surface area (Å²) in [4.78, 5) is 0. The summed E-state index contributed by atoms with van der Waals surface area (Å²) in [5.41, 5.74) is 7.88. The van der Waals surface area contributed by atoms with E-state index in [4.69, 9.17) is 1.37 Å². The maximum absolute atomic E-state index is 8.47. The predicted molar refractivity (Wildman–Crippen MR) is 106 cm³/mol. The number of fused-ring (bicyclic) bond motifs is 1. The summed E-state index contributed by atoms with van der Waals surface area (Å²) in [7, 11) is 2.02. The zero-order valence-corrected chi connectivity index (χ0v) is 15.8. The quantitative estimate of drug-likeness (QED) is 0.514. The summed E-state index contributed by atoms with van der Waals surface area (Å²) >= 11 is 0. The molecule has 1 heterocycles. The van der Waals surface area contributed by atoms with Crippen LogP contribution in [-0.4, -0.2) is 0 Å². The van der Waals surface area contributed by atoms with Crippen LogP contribution in [0.15, 0.2) is 42.6 Å². The van der Waals surface area contributed by atoms with Gasteiger partial charge in [-0.1, -0.05) is 36.6 Å². The number of nitrogens with zero attached hydrogens (tertiary/aromatic N) is 1. The largest absolute Gasteiger partial charge is 0.220 e. The lowest BCUT2D eigenvalue weighted by Gasteiger charge is -2.16. The Kier molecular flexibility index (Phi) is 3.81. The van der Waals surface area contributed by atoms with Crippen molar-refractivity contribution in [3.05, 3.63) is 64.8 Å². The van der Waals surface area contributed by atoms with Crippen LogP contribution >= 0.6 is 0 Å². The van der Waals surface area contributed by atoms with Crippen LogP contribution in [0.2, 0.25) is 0 Å². The lowest BCUT2D eigenvalue weighted by molar-refractivity contribution is -0.659. The molecule has 0 N–H and O–H groups in total. The van der Waals surface area contributed by atoms with Gasteiger partial charge in [-0.25, -0.2) is 4.57 Å². The standard InChI is InChI=1S/C24H28N/c1-16-9-10-22-20(13-16)11-12-25(4)24(22)23-15-21(14-17(2)18(23)3)19-7-5-6-8-19/h9-15,19H,5-8H2,1-4H3/q+1/i12D. The molecule has 1 saturated carbocycles. The highest BCUT2D eigenvalue weighted by Gasteiger charge is 2.23. The second kappa shape index (κ2) is 6.29. The van der Waals surface area contributed by atoms with Crippen LogP contribution in [0, 0.1) is 20.8 Å². The molecule has 0 saturated heterocycles. The van der Waals surface area contributed by atoms with Gasteiger partial charge in [-0.15, -0.1) is 0 Å². The number of benzene rings is 2. The first kappa shape index (κ1) is 15.1. The summed E-state index contributed by atoms with van der Waals surface area (Å²) in [5, 5.41) is 2.39. The van der Waals surface area contributed by atoms with Gasteiger partial charge in [0.05, 0.1) is 10.9 Å². The van der Waals surface area contributed by atoms with E-state index in [0.717, 1.165) is 5.39 Å². The van der Waals surface area contributed by atoms with Crippen molar-refractivity contribution in [2.24, 2.45) is 7.05 Å². The molecule has 0 amide bonds. The number of hydrogen-bond acceptors (Lipinski definition) is 0. The first-order valence-corrected chi connectivity index (χ1v) is 9.47. The summed E-state index contributed by atoms with van der Waals surface area (Å²) in [6.45, 7) is 6.57. The Morgan fingerprint density at radius 1 is 1.00 bits per heavy atom. The average molecular weight is 332 g/mol. The molecular formula is C24H28N+. The molecule has 1 heteroatoms. The molecule has 1 fully saturated rings. The number of hydrogen-bond donors (Lipinski definition) is 0. The molecule has 1 aromatic heterocycles. The van der Waals surface area contributed by atoms with Gasteiger partial charge in [0.1, 0.15) is 8.42 Å². The van der Waals surface area contributed by atoms with Crippen LogP contribution < -0.4 is 4.57 Å². The van der Waals surface area contributed by atoms with Crippen LogP contribution in [-0.2, 0) is 7.05 Å². The van der Waals surface area contributed by atoms with Gasteiger partial charge in [-0.3, -0.25) is 0 Å². The Morgan fingerprint density at radius 3 is 2.52 bits per heavy atom. The summed E-state index contributed by atoms with van der Waals surface area (Å²) in [6.07, 6.45) is 5.89. The molecule has 0 radical (unpaired) electrons. The van der Waals surface area contributed by atoms with E-state index in [9.17, 15) is 0 Å². The molecule has 1 nitrogen and oxygen atoms in total. The Balaban J connectivity index is 2.02. The minimum atomic E-state index is 0.557. The third-order valence-electron chi connectivity index (χ3n) is 5.98. The monoisotopic (exact) mass is 331 g/mol. The third-order valence-corrected chi connectivity index (χ3v) is 5.98. The van der Waals surface area contributed by atoms with Crippen molar-refractivity contribution >= 4 is 10.8 Å². The van der Waals surface area contributed by atoms with E-state index in [1.165, 1.54) is 64.6 Å². The number of rotatable bonds is 2. The lowest BCUT2D eigenvalue weighted by atomic mass is 9.89. The first-order chi connectivity index (χ1) is 12.5. The van der Waals surface area contributed by atoms with E-state index in [1.807, 2.05) is 17.7 Å². The summed E-state index contributed by atoms with van der Waals surface area (Å²) < 4.78 is 10.5. The molecule has 0 bridgehead atoms. The van der Waals surface area contributed by atoms with Gasteiger partial charge >= 0.3 is 0 Å². The van der Waals surface area contributed by atoms with Crippen molar-refractivity contribution in [2.75, 3.05) is 0 Å². The van der Waals surface area contributed by atoms with Crippen molar-refractivity contribution < 1.29 is 5.94 Å². The highest BCUT2D eigenvalue weighted by Crippen LogP contribution is 2.38. The minimum absolute atomic E-state index is 0.557. The van der Waals surface area contributed by atoms with Crippen LogP contribution in [0.1, 0.15) is 55.2 Å². The van der Waals surface area contributed by atoms with Crippen molar-refractivity contribution in [2.45, 2.75) is 52.4 Å². The van der Waals surface area contributed by atoms with Crippen LogP contribution in [0.5, 0.6) is 0 Å². The molecule has 0 unspecified atom stereocenters. The second-order valence-electron chi connectivity index (χ2n) is 7.76. The van der Waals surface area contributed by atoms with Crippen LogP contribution in [0.25, 0.3) is 22.0 Å². The molecule has 128 valence electrons. The Hall–Kier alpha value is -2.15. The Morgan fingerprint density at radius 2 is 1.76 bits per heavy atom. The molecule has 0 atom stereocenters. The van der Waals surface area contributed by atoms with Gasteiger partial charge in [-0.05, 0) is 73.7 Å². The predicted octanol–water partition coefficient (Wildman–Crippen LogP) is 5.91. The number of aryl methyl sites for hydroxylation is 2. The lowest BCUT2D eigenvalue weighted by Crippen LogP contribution is -2.31. The van der Waals surface area contributed by atoms with E-state index in [-0.39, 0.29) is 0 Å². The second-order valence-corrected chi connectivity index (χ2v) is 7.76. The molecular weight excluding hydrogens is 302 g/mol. The van der Waals surface area contributed by atoms with E-state index in [1.54, 1.807) is 0 Å². The van der Waals surface area contributed by atoms with E-state index >= 15 is 0 Å². The average Bonchev–Trinajstić information content (AvgIpc) is 3.14. The summed E-state index contributed by atoms with van der Waals surface area (Å²) in [6, 6.07) is 13.4. The molecule has 1 aliphatic carbocycles. The maximum atomic E-state index is 8.47. The zero-order valence-electron chi connectivity index (χ0n) is 16.8. The van der Waals surface area contributed by atoms with Gasteiger partial charge in [-0.2, -0.15) is 0 Å². The van der Waals surface area contributed by atoms with E-state index < -0.39 is 0 Å². The highest BCUT2D eigenvalue weighted by atomic mass is 14.9. The molecule has 0 spiro atoms. The van der Waals surface area contributed by atoms with Crippen molar-refractivity contribution in [1.29, 1.82) is 0 Å². The summed E-state index contributed by atoms with van der Waals surface area (Å²) in [5.74, 6) is 0.700. The van der Waals surface area contributed by atoms with Crippen molar-refractivity contribution in [1.82, 2.24) is 0 Å². The normalized spacial score (nSPS) is 15.8. The van der Waals surface area contributed by atoms with Gasteiger partial charge in [0.15, 0.2) is 6.17 Å². The fourth-order valence-corrected chi connectivity index (χ4v) is 4.38. The maximum Gasteiger partial charge on any atom is 0.220 e. The van der Waals surface area contributed by atoms with Gasteiger partial charge in [0.2, 0.25) is 5.69 Å². The van der Waals surface area contributed by atoms with Gasteiger partial charge in [0, 0.05) is 6.07 Å². The first-order valence-electron chi connectivity index (χ1n) is 9.97. The minimum Gasteiger partial charge on any atom is -0.200 e. The molecule has 0 aliphatic heterocycles. The molecule has 2 aromatic carbocycles. The number of pyridine rings is 1. The Labute approximate surface area is 152 Å². The molecule has 3 aromatic rings. The molecule has 25 heavy (non-hydrogen) atoms. The third kappa shape index (κ3) is 2.86. The fraction of sp³-hybridized carbons (Fsp3) is 0.375. The van der Waals surface area contributed by atoms with Crippen LogP contribution in [0.3, 0.4) is 0 Å². The van der Waals surface area contributed by atoms with Crippen molar-refractivity contribution in [3.63, 3.8) is 0 Å². The van der Waals surface area contributed by atoms with Gasteiger partial charge in [0.25, 0.3) is 0 Å². The Bertz CT molecular complexity index is 997. The van der Waals surface area contributed by atoms with Crippen molar-refractivity contribution in [3.8, 4) is 11.3 Å². The SMILES string of the molecule is [2H]c1cc2cc(C)ccc2c(-c2cc(C3CCCC3)cc(C)c2C)[n+]1C. The van der Waals surface area contributed by atoms with E-state index in [0.29, 0.717) is 12.1 Å². The van der Waals surface area contributed by atoms with Crippen LogP contribution in [0.4, 0.5) is 0 Å². The highest BCUT2D eigenvalue weighted by molar-refractivity contribution is 5.94.